The average Bonchev–Trinajstić information content (AvgIpc) is 3.97. The highest BCUT2D eigenvalue weighted by Crippen LogP contribution is 2.27. The standard InChI is InChI=1S/C18H25NO4.C7H15NO.C3H6.5C2H6/c1-18(2,22-10-9-20-3)8-7-14-5-6-15(13-19-14)23-17-11-16(12-17)21-4;1-4-6(2)9-7(3)5-8;1-2-3-1;5*1-2/h5-6,13,16-17H,9-12H2,1-4H3;5-6H,4,8H2,1-3H3;1-3H2;5*1-2H3/b;7-5+;;;;;;. The molecule has 0 aliphatic heterocycles. The van der Waals surface area contributed by atoms with Crippen molar-refractivity contribution in [2.24, 2.45) is 5.73 Å². The highest BCUT2D eigenvalue weighted by Gasteiger charge is 2.30. The summed E-state index contributed by atoms with van der Waals surface area (Å²) >= 11 is 0. The Labute approximate surface area is 281 Å². The Morgan fingerprint density at radius 1 is 0.933 bits per heavy atom. The second-order valence-electron chi connectivity index (χ2n) is 9.22. The van der Waals surface area contributed by atoms with Gasteiger partial charge in [0.15, 0.2) is 0 Å². The van der Waals surface area contributed by atoms with Crippen LogP contribution in [0.15, 0.2) is 30.3 Å². The minimum absolute atomic E-state index is 0.229. The molecule has 0 radical (unpaired) electrons. The zero-order valence-corrected chi connectivity index (χ0v) is 32.8. The highest BCUT2D eigenvalue weighted by atomic mass is 16.5. The molecule has 1 aromatic rings. The monoisotopic (exact) mass is 641 g/mol. The van der Waals surface area contributed by atoms with Gasteiger partial charge in [-0.3, -0.25) is 0 Å². The Morgan fingerprint density at radius 2 is 1.47 bits per heavy atom. The molecule has 3 rings (SSSR count). The van der Waals surface area contributed by atoms with Gasteiger partial charge in [-0.25, -0.2) is 4.98 Å². The number of hydrogen-bond acceptors (Lipinski definition) is 7. The van der Waals surface area contributed by atoms with Gasteiger partial charge in [-0.05, 0) is 52.2 Å². The molecule has 2 fully saturated rings. The van der Waals surface area contributed by atoms with E-state index in [2.05, 4.69) is 23.7 Å². The molecule has 2 saturated carbocycles. The predicted octanol–water partition coefficient (Wildman–Crippen LogP) is 10.4. The van der Waals surface area contributed by atoms with E-state index in [1.165, 1.54) is 25.5 Å². The number of nitrogens with zero attached hydrogens (tertiary/aromatic N) is 1. The van der Waals surface area contributed by atoms with Gasteiger partial charge in [-0.15, -0.1) is 0 Å². The third kappa shape index (κ3) is 36.1. The number of aromatic nitrogens is 1. The summed E-state index contributed by atoms with van der Waals surface area (Å²) in [4.78, 5) is 4.32. The van der Waals surface area contributed by atoms with Crippen molar-refractivity contribution in [3.8, 4) is 17.6 Å². The molecule has 268 valence electrons. The Hall–Kier alpha value is -2.27. The van der Waals surface area contributed by atoms with Crippen molar-refractivity contribution in [3.63, 3.8) is 0 Å². The molecule has 2 N–H and O–H groups in total. The largest absolute Gasteiger partial charge is 0.494 e. The Bertz CT molecular complexity index is 775. The topological polar surface area (TPSA) is 85.1 Å². The van der Waals surface area contributed by atoms with Crippen LogP contribution in [0.25, 0.3) is 0 Å². The first-order chi connectivity index (χ1) is 21.7. The lowest BCUT2D eigenvalue weighted by Crippen LogP contribution is -2.38. The molecule has 0 bridgehead atoms. The van der Waals surface area contributed by atoms with E-state index in [-0.39, 0.29) is 12.2 Å². The van der Waals surface area contributed by atoms with Crippen molar-refractivity contribution in [2.75, 3.05) is 27.4 Å². The van der Waals surface area contributed by atoms with Crippen LogP contribution in [0.5, 0.6) is 5.75 Å². The molecule has 1 heterocycles. The lowest BCUT2D eigenvalue weighted by molar-refractivity contribution is -0.0382. The second kappa shape index (κ2) is 39.8. The van der Waals surface area contributed by atoms with Gasteiger partial charge in [0.25, 0.3) is 0 Å². The smallest absolute Gasteiger partial charge is 0.138 e. The molecule has 1 atom stereocenters. The second-order valence-corrected chi connectivity index (χ2v) is 9.22. The SMILES string of the molecule is C1CC1.CC.CC.CC.CC.CC.CCC(C)O/C(C)=C/N.COCCOC(C)(C)C#Cc1ccc(OC2CC(OC)C2)cn1. The highest BCUT2D eigenvalue weighted by molar-refractivity contribution is 5.33. The van der Waals surface area contributed by atoms with E-state index in [0.717, 1.165) is 30.8 Å². The quantitative estimate of drug-likeness (QED) is 0.155. The van der Waals surface area contributed by atoms with E-state index in [9.17, 15) is 0 Å². The van der Waals surface area contributed by atoms with Crippen LogP contribution in [0.4, 0.5) is 0 Å². The summed E-state index contributed by atoms with van der Waals surface area (Å²) in [6.07, 6.45) is 11.4. The van der Waals surface area contributed by atoms with E-state index in [0.29, 0.717) is 25.0 Å². The molecular formula is C38H76N2O5. The van der Waals surface area contributed by atoms with Crippen LogP contribution in [0, 0.1) is 11.8 Å². The fourth-order valence-corrected chi connectivity index (χ4v) is 2.59. The van der Waals surface area contributed by atoms with Crippen LogP contribution in [0.3, 0.4) is 0 Å². The van der Waals surface area contributed by atoms with Crippen molar-refractivity contribution in [2.45, 2.75) is 166 Å². The lowest BCUT2D eigenvalue weighted by Gasteiger charge is -2.33. The van der Waals surface area contributed by atoms with Crippen molar-refractivity contribution in [1.29, 1.82) is 0 Å². The number of allylic oxidation sites excluding steroid dienone is 1. The summed E-state index contributed by atoms with van der Waals surface area (Å²) < 4.78 is 27.0. The average molecular weight is 641 g/mol. The van der Waals surface area contributed by atoms with Crippen LogP contribution in [0.2, 0.25) is 0 Å². The summed E-state index contributed by atoms with van der Waals surface area (Å²) in [5.74, 6) is 7.68. The summed E-state index contributed by atoms with van der Waals surface area (Å²) in [5, 5.41) is 0. The Morgan fingerprint density at radius 3 is 1.84 bits per heavy atom. The molecule has 45 heavy (non-hydrogen) atoms. The summed E-state index contributed by atoms with van der Waals surface area (Å²) in [6.45, 7) is 30.9. The summed E-state index contributed by atoms with van der Waals surface area (Å²) in [7, 11) is 3.38. The van der Waals surface area contributed by atoms with Crippen LogP contribution in [0.1, 0.15) is 148 Å². The summed E-state index contributed by atoms with van der Waals surface area (Å²) in [6, 6.07) is 3.76. The van der Waals surface area contributed by atoms with Gasteiger partial charge in [0.05, 0.1) is 31.6 Å². The van der Waals surface area contributed by atoms with Crippen LogP contribution >= 0.6 is 0 Å². The zero-order chi connectivity index (χ0) is 36.1. The molecule has 1 unspecified atom stereocenters. The van der Waals surface area contributed by atoms with Gasteiger partial charge in [-0.2, -0.15) is 0 Å². The van der Waals surface area contributed by atoms with Gasteiger partial charge in [0, 0.05) is 33.3 Å². The molecule has 0 saturated heterocycles. The predicted molar refractivity (Wildman–Crippen MR) is 197 cm³/mol. The van der Waals surface area contributed by atoms with Gasteiger partial charge in [0.2, 0.25) is 0 Å². The lowest BCUT2D eigenvalue weighted by atomic mass is 9.92. The van der Waals surface area contributed by atoms with Gasteiger partial charge < -0.3 is 29.4 Å². The maximum absolute atomic E-state index is 5.82. The molecule has 0 aromatic carbocycles. The van der Waals surface area contributed by atoms with E-state index in [4.69, 9.17) is 29.4 Å². The molecule has 0 spiro atoms. The molecule has 0 amide bonds. The molecule has 7 heteroatoms. The fraction of sp³-hybridized carbons (Fsp3) is 0.763. The summed E-state index contributed by atoms with van der Waals surface area (Å²) in [5.41, 5.74) is 5.36. The van der Waals surface area contributed by atoms with Crippen molar-refractivity contribution in [1.82, 2.24) is 4.98 Å². The van der Waals surface area contributed by atoms with Gasteiger partial charge >= 0.3 is 0 Å². The first-order valence-corrected chi connectivity index (χ1v) is 17.6. The van der Waals surface area contributed by atoms with Gasteiger partial charge in [-0.1, -0.05) is 101 Å². The zero-order valence-electron chi connectivity index (χ0n) is 32.8. The third-order valence-corrected chi connectivity index (χ3v) is 5.22. The van der Waals surface area contributed by atoms with Crippen LogP contribution in [-0.4, -0.2) is 56.3 Å². The van der Waals surface area contributed by atoms with Crippen molar-refractivity contribution >= 4 is 0 Å². The van der Waals surface area contributed by atoms with Gasteiger partial charge in [0.1, 0.15) is 28.9 Å². The number of hydrogen-bond donors (Lipinski definition) is 1. The first-order valence-electron chi connectivity index (χ1n) is 17.6. The van der Waals surface area contributed by atoms with Crippen molar-refractivity contribution < 1.29 is 23.7 Å². The third-order valence-electron chi connectivity index (χ3n) is 5.22. The number of rotatable bonds is 10. The number of pyridine rings is 1. The Kier molecular flexibility index (Phi) is 46.2. The number of ether oxygens (including phenoxy) is 5. The van der Waals surface area contributed by atoms with E-state index in [1.807, 2.05) is 109 Å². The molecular weight excluding hydrogens is 564 g/mol. The minimum atomic E-state index is -0.531. The van der Waals surface area contributed by atoms with Crippen LogP contribution in [-0.2, 0) is 18.9 Å². The fourth-order valence-electron chi connectivity index (χ4n) is 2.59. The van der Waals surface area contributed by atoms with E-state index >= 15 is 0 Å². The molecule has 7 nitrogen and oxygen atoms in total. The number of nitrogens with two attached hydrogens (primary N) is 1. The maximum Gasteiger partial charge on any atom is 0.138 e. The molecule has 2 aliphatic carbocycles. The maximum atomic E-state index is 5.82. The molecule has 1 aromatic heterocycles. The minimum Gasteiger partial charge on any atom is -0.494 e. The number of methoxy groups -OCH3 is 2. The van der Waals surface area contributed by atoms with E-state index < -0.39 is 5.60 Å². The van der Waals surface area contributed by atoms with E-state index in [1.54, 1.807) is 20.4 Å². The molecule has 2 aliphatic rings. The Balaban J connectivity index is -0.000000200. The van der Waals surface area contributed by atoms with Crippen molar-refractivity contribution in [3.05, 3.63) is 36.0 Å². The first kappa shape index (κ1) is 52.3. The van der Waals surface area contributed by atoms with Crippen LogP contribution < -0.4 is 10.5 Å². The normalized spacial score (nSPS) is 15.7.